The Morgan fingerprint density at radius 2 is 2.04 bits per heavy atom. The van der Waals surface area contributed by atoms with Crippen molar-refractivity contribution in [1.29, 1.82) is 0 Å². The molecule has 0 spiro atoms. The van der Waals surface area contributed by atoms with Gasteiger partial charge >= 0.3 is 0 Å². The van der Waals surface area contributed by atoms with E-state index in [2.05, 4.69) is 20.3 Å². The smallest absolute Gasteiger partial charge is 0.291 e. The number of aryl methyl sites for hydroxylation is 2. The zero-order chi connectivity index (χ0) is 18.3. The fourth-order valence-corrected chi connectivity index (χ4v) is 2.85. The Kier molecular flexibility index (Phi) is 3.97. The first-order valence-electron chi connectivity index (χ1n) is 8.00. The highest BCUT2D eigenvalue weighted by Crippen LogP contribution is 2.30. The van der Waals surface area contributed by atoms with Crippen molar-refractivity contribution in [3.8, 4) is 11.4 Å². The molecule has 0 aliphatic rings. The van der Waals surface area contributed by atoms with Crippen LogP contribution in [0.5, 0.6) is 0 Å². The number of anilines is 1. The number of furan rings is 1. The predicted molar refractivity (Wildman–Crippen MR) is 100 cm³/mol. The number of imidazole rings is 1. The van der Waals surface area contributed by atoms with Gasteiger partial charge in [0, 0.05) is 16.9 Å². The van der Waals surface area contributed by atoms with E-state index in [4.69, 9.17) is 16.0 Å². The Bertz CT molecular complexity index is 1080. The maximum Gasteiger partial charge on any atom is 0.291 e. The number of carbonyl (C=O) groups excluding carboxylic acids is 1. The molecule has 26 heavy (non-hydrogen) atoms. The molecule has 0 aliphatic heterocycles. The lowest BCUT2D eigenvalue weighted by Crippen LogP contribution is -2.10. The van der Waals surface area contributed by atoms with Crippen LogP contribution < -0.4 is 5.32 Å². The summed E-state index contributed by atoms with van der Waals surface area (Å²) in [5.74, 6) is 0.498. The maximum atomic E-state index is 12.2. The molecule has 4 rings (SSSR count). The lowest BCUT2D eigenvalue weighted by Gasteiger charge is -2.07. The number of rotatable bonds is 3. The number of benzene rings is 1. The van der Waals surface area contributed by atoms with Crippen molar-refractivity contribution in [2.45, 2.75) is 13.8 Å². The van der Waals surface area contributed by atoms with Gasteiger partial charge in [-0.25, -0.2) is 9.97 Å². The normalized spacial score (nSPS) is 11.0. The molecule has 6 nitrogen and oxygen atoms in total. The van der Waals surface area contributed by atoms with E-state index in [0.29, 0.717) is 27.7 Å². The van der Waals surface area contributed by atoms with Crippen molar-refractivity contribution in [3.05, 3.63) is 64.7 Å². The van der Waals surface area contributed by atoms with E-state index in [1.807, 2.05) is 19.9 Å². The molecule has 0 radical (unpaired) electrons. The van der Waals surface area contributed by atoms with E-state index in [1.165, 1.54) is 6.26 Å². The lowest BCUT2D eigenvalue weighted by atomic mass is 10.2. The van der Waals surface area contributed by atoms with Crippen LogP contribution in [0.4, 0.5) is 5.69 Å². The number of H-pyrrole nitrogens is 1. The number of carbonyl (C=O) groups is 1. The van der Waals surface area contributed by atoms with Crippen molar-refractivity contribution in [3.63, 3.8) is 0 Å². The van der Waals surface area contributed by atoms with Crippen LogP contribution in [0.1, 0.15) is 21.8 Å². The molecule has 3 heterocycles. The first-order valence-corrected chi connectivity index (χ1v) is 8.38. The minimum atomic E-state index is -0.333. The highest BCUT2D eigenvalue weighted by Gasteiger charge is 2.14. The summed E-state index contributed by atoms with van der Waals surface area (Å²) >= 11 is 6.35. The average Bonchev–Trinajstić information content (AvgIpc) is 3.27. The third-order valence-corrected chi connectivity index (χ3v) is 4.47. The van der Waals surface area contributed by atoms with E-state index in [-0.39, 0.29) is 11.7 Å². The first-order chi connectivity index (χ1) is 12.5. The number of halogens is 1. The van der Waals surface area contributed by atoms with E-state index in [9.17, 15) is 4.79 Å². The van der Waals surface area contributed by atoms with Crippen LogP contribution in [0.2, 0.25) is 5.02 Å². The number of nitrogens with one attached hydrogen (secondary N) is 2. The Labute approximate surface area is 154 Å². The third kappa shape index (κ3) is 2.95. The number of aromatic amines is 1. The summed E-state index contributed by atoms with van der Waals surface area (Å²) in [5, 5.41) is 3.31. The van der Waals surface area contributed by atoms with Gasteiger partial charge in [-0.2, -0.15) is 0 Å². The number of nitrogens with zero attached hydrogens (tertiary/aromatic N) is 2. The van der Waals surface area contributed by atoms with Gasteiger partial charge in [0.15, 0.2) is 11.4 Å². The zero-order valence-corrected chi connectivity index (χ0v) is 14.9. The lowest BCUT2D eigenvalue weighted by molar-refractivity contribution is 0.0996. The summed E-state index contributed by atoms with van der Waals surface area (Å²) in [6.07, 6.45) is 1.45. The number of hydrogen-bond acceptors (Lipinski definition) is 4. The average molecular weight is 367 g/mol. The number of aromatic nitrogens is 3. The van der Waals surface area contributed by atoms with E-state index >= 15 is 0 Å². The van der Waals surface area contributed by atoms with Crippen molar-refractivity contribution in [2.24, 2.45) is 0 Å². The molecule has 4 aromatic rings. The monoisotopic (exact) mass is 366 g/mol. The molecule has 0 saturated heterocycles. The van der Waals surface area contributed by atoms with Crippen LogP contribution in [-0.4, -0.2) is 20.9 Å². The maximum absolute atomic E-state index is 12.2. The van der Waals surface area contributed by atoms with Gasteiger partial charge in [-0.05, 0) is 55.8 Å². The molecule has 1 aromatic carbocycles. The van der Waals surface area contributed by atoms with Crippen molar-refractivity contribution >= 4 is 34.4 Å². The van der Waals surface area contributed by atoms with Crippen molar-refractivity contribution in [2.75, 3.05) is 5.32 Å². The molecule has 3 aromatic heterocycles. The molecule has 1 amide bonds. The summed E-state index contributed by atoms with van der Waals surface area (Å²) in [4.78, 5) is 24.4. The van der Waals surface area contributed by atoms with Crippen LogP contribution in [-0.2, 0) is 0 Å². The Hall–Kier alpha value is -3.12. The summed E-state index contributed by atoms with van der Waals surface area (Å²) < 4.78 is 5.10. The van der Waals surface area contributed by atoms with Crippen LogP contribution in [0.3, 0.4) is 0 Å². The summed E-state index contributed by atoms with van der Waals surface area (Å²) in [6.45, 7) is 3.95. The minimum Gasteiger partial charge on any atom is -0.459 e. The summed E-state index contributed by atoms with van der Waals surface area (Å²) in [5.41, 5.74) is 4.75. The van der Waals surface area contributed by atoms with Gasteiger partial charge < -0.3 is 14.7 Å². The molecule has 0 atom stereocenters. The van der Waals surface area contributed by atoms with Gasteiger partial charge in [0.25, 0.3) is 5.91 Å². The molecule has 130 valence electrons. The molecule has 7 heteroatoms. The van der Waals surface area contributed by atoms with Crippen LogP contribution in [0.15, 0.2) is 47.1 Å². The summed E-state index contributed by atoms with van der Waals surface area (Å²) in [6, 6.07) is 10.5. The largest absolute Gasteiger partial charge is 0.459 e. The van der Waals surface area contributed by atoms with Gasteiger partial charge in [0.05, 0.1) is 16.8 Å². The molecule has 0 bridgehead atoms. The Morgan fingerprint density at radius 1 is 1.19 bits per heavy atom. The Morgan fingerprint density at radius 3 is 2.81 bits per heavy atom. The van der Waals surface area contributed by atoms with Gasteiger partial charge in [0.1, 0.15) is 5.82 Å². The quantitative estimate of drug-likeness (QED) is 0.548. The van der Waals surface area contributed by atoms with Crippen molar-refractivity contribution in [1.82, 2.24) is 15.0 Å². The predicted octanol–water partition coefficient (Wildman–Crippen LogP) is 4.74. The van der Waals surface area contributed by atoms with Crippen molar-refractivity contribution < 1.29 is 9.21 Å². The van der Waals surface area contributed by atoms with Crippen LogP contribution in [0, 0.1) is 13.8 Å². The fourth-order valence-electron chi connectivity index (χ4n) is 2.64. The molecule has 0 aliphatic carbocycles. The van der Waals surface area contributed by atoms with Gasteiger partial charge in [0.2, 0.25) is 0 Å². The fraction of sp³-hybridized carbons (Fsp3) is 0.105. The zero-order valence-electron chi connectivity index (χ0n) is 14.1. The number of amides is 1. The van der Waals surface area contributed by atoms with E-state index < -0.39 is 0 Å². The van der Waals surface area contributed by atoms with Crippen LogP contribution >= 0.6 is 11.6 Å². The standard InChI is InChI=1S/C19H15ClN4O2/c1-10-8-15-18(21-11(10)2)24-17(23-15)13-9-12(5-6-14(13)20)22-19(25)16-4-3-7-26-16/h3-9H,1-2H3,(H,22,25)(H,21,23,24). The topological polar surface area (TPSA) is 83.8 Å². The second kappa shape index (κ2) is 6.31. The minimum absolute atomic E-state index is 0.236. The first kappa shape index (κ1) is 16.4. The summed E-state index contributed by atoms with van der Waals surface area (Å²) in [7, 11) is 0. The van der Waals surface area contributed by atoms with Crippen LogP contribution in [0.25, 0.3) is 22.6 Å². The third-order valence-electron chi connectivity index (χ3n) is 4.14. The number of fused-ring (bicyclic) bond motifs is 1. The van der Waals surface area contributed by atoms with Gasteiger partial charge in [-0.1, -0.05) is 11.6 Å². The molecule has 0 unspecified atom stereocenters. The van der Waals surface area contributed by atoms with Gasteiger partial charge in [-0.15, -0.1) is 0 Å². The second-order valence-electron chi connectivity index (χ2n) is 5.97. The highest BCUT2D eigenvalue weighted by atomic mass is 35.5. The van der Waals surface area contributed by atoms with E-state index in [1.54, 1.807) is 30.3 Å². The Balaban J connectivity index is 1.71. The molecular formula is C19H15ClN4O2. The number of pyridine rings is 1. The second-order valence-corrected chi connectivity index (χ2v) is 6.38. The van der Waals surface area contributed by atoms with Gasteiger partial charge in [-0.3, -0.25) is 4.79 Å². The molecule has 0 fully saturated rings. The number of hydrogen-bond donors (Lipinski definition) is 2. The SMILES string of the molecule is Cc1cc2[nH]c(-c3cc(NC(=O)c4ccco4)ccc3Cl)nc2nc1C. The molecule has 2 N–H and O–H groups in total. The molecule has 0 saturated carbocycles. The molecular weight excluding hydrogens is 352 g/mol. The van der Waals surface area contributed by atoms with E-state index in [0.717, 1.165) is 16.8 Å². The highest BCUT2D eigenvalue weighted by molar-refractivity contribution is 6.33.